The molecule has 1 aliphatic rings. The van der Waals surface area contributed by atoms with Crippen LogP contribution in [-0.2, 0) is 9.59 Å². The molecule has 2 aromatic carbocycles. The second-order valence-corrected chi connectivity index (χ2v) is 9.14. The number of aryl methyl sites for hydroxylation is 2. The standard InChI is InChI=1S/C26H22N2O6S/c1-13-11-15(6-10-18(13)33-4)23(29)21-22(19-9-5-14(2)34-19)28(25(31)24(21)30)26-27-17-8-7-16(32-3)12-20(17)35-26/h5-12,22,29H,1-4H3/t22-/m1/s1. The number of carbonyl (C=O) groups excluding carboxylic acids is 2. The zero-order chi connectivity index (χ0) is 24.9. The van der Waals surface area contributed by atoms with Crippen molar-refractivity contribution in [1.29, 1.82) is 0 Å². The van der Waals surface area contributed by atoms with Crippen LogP contribution in [0.15, 0.2) is 58.5 Å². The molecule has 178 valence electrons. The molecule has 1 fully saturated rings. The highest BCUT2D eigenvalue weighted by Gasteiger charge is 2.49. The molecule has 35 heavy (non-hydrogen) atoms. The van der Waals surface area contributed by atoms with Gasteiger partial charge >= 0.3 is 5.91 Å². The van der Waals surface area contributed by atoms with E-state index in [2.05, 4.69) is 4.98 Å². The Labute approximate surface area is 205 Å². The van der Waals surface area contributed by atoms with Crippen LogP contribution in [0, 0.1) is 13.8 Å². The van der Waals surface area contributed by atoms with E-state index in [4.69, 9.17) is 13.9 Å². The molecular weight excluding hydrogens is 468 g/mol. The van der Waals surface area contributed by atoms with E-state index in [0.29, 0.717) is 39.2 Å². The predicted molar refractivity (Wildman–Crippen MR) is 132 cm³/mol. The zero-order valence-electron chi connectivity index (χ0n) is 19.5. The van der Waals surface area contributed by atoms with Gasteiger partial charge in [-0.05, 0) is 67.9 Å². The van der Waals surface area contributed by atoms with Crippen molar-refractivity contribution in [2.24, 2.45) is 0 Å². The van der Waals surface area contributed by atoms with Crippen LogP contribution >= 0.6 is 11.3 Å². The van der Waals surface area contributed by atoms with Gasteiger partial charge in [0.05, 0.1) is 30.0 Å². The van der Waals surface area contributed by atoms with Crippen LogP contribution in [0.4, 0.5) is 5.13 Å². The topological polar surface area (TPSA) is 102 Å². The lowest BCUT2D eigenvalue weighted by Crippen LogP contribution is -2.29. The number of carbonyl (C=O) groups is 2. The van der Waals surface area contributed by atoms with Gasteiger partial charge in [-0.2, -0.15) is 0 Å². The number of rotatable bonds is 5. The number of Topliss-reactive ketones (excluding diaryl/α,β-unsaturated/α-hetero) is 1. The van der Waals surface area contributed by atoms with E-state index in [1.54, 1.807) is 63.6 Å². The first kappa shape index (κ1) is 22.7. The van der Waals surface area contributed by atoms with E-state index in [1.807, 2.05) is 13.0 Å². The second-order valence-electron chi connectivity index (χ2n) is 8.13. The van der Waals surface area contributed by atoms with Crippen molar-refractivity contribution >= 4 is 44.1 Å². The van der Waals surface area contributed by atoms with E-state index in [0.717, 1.165) is 10.3 Å². The van der Waals surface area contributed by atoms with Crippen LogP contribution in [-0.4, -0.2) is 36.0 Å². The molecule has 5 rings (SSSR count). The molecule has 1 aliphatic heterocycles. The third kappa shape index (κ3) is 3.74. The molecule has 2 aromatic heterocycles. The summed E-state index contributed by atoms with van der Waals surface area (Å²) in [6.07, 6.45) is 0. The largest absolute Gasteiger partial charge is 0.507 e. The number of aromatic nitrogens is 1. The van der Waals surface area contributed by atoms with Crippen LogP contribution in [0.1, 0.15) is 28.7 Å². The van der Waals surface area contributed by atoms with Crippen molar-refractivity contribution in [1.82, 2.24) is 4.98 Å². The van der Waals surface area contributed by atoms with E-state index < -0.39 is 17.7 Å². The Kier molecular flexibility index (Phi) is 5.56. The average molecular weight is 491 g/mol. The number of methoxy groups -OCH3 is 2. The molecule has 1 saturated heterocycles. The molecule has 9 heteroatoms. The Morgan fingerprint density at radius 3 is 2.51 bits per heavy atom. The van der Waals surface area contributed by atoms with E-state index in [1.165, 1.54) is 16.2 Å². The highest BCUT2D eigenvalue weighted by atomic mass is 32.1. The van der Waals surface area contributed by atoms with Crippen LogP contribution < -0.4 is 14.4 Å². The van der Waals surface area contributed by atoms with E-state index in [9.17, 15) is 14.7 Å². The maximum Gasteiger partial charge on any atom is 0.302 e. The molecule has 0 aliphatic carbocycles. The lowest BCUT2D eigenvalue weighted by Gasteiger charge is -2.20. The van der Waals surface area contributed by atoms with Gasteiger partial charge < -0.3 is 19.0 Å². The zero-order valence-corrected chi connectivity index (χ0v) is 20.3. The Balaban J connectivity index is 1.70. The Bertz CT molecular complexity index is 1520. The van der Waals surface area contributed by atoms with Crippen molar-refractivity contribution < 1.29 is 28.6 Å². The summed E-state index contributed by atoms with van der Waals surface area (Å²) in [6, 6.07) is 12.9. The summed E-state index contributed by atoms with van der Waals surface area (Å²) >= 11 is 1.25. The number of furan rings is 1. The molecule has 0 unspecified atom stereocenters. The lowest BCUT2D eigenvalue weighted by atomic mass is 9.98. The van der Waals surface area contributed by atoms with Crippen molar-refractivity contribution in [3.8, 4) is 11.5 Å². The second kappa shape index (κ2) is 8.59. The number of nitrogens with zero attached hydrogens (tertiary/aromatic N) is 2. The fourth-order valence-corrected chi connectivity index (χ4v) is 5.22. The molecule has 0 spiro atoms. The van der Waals surface area contributed by atoms with Gasteiger partial charge in [0.25, 0.3) is 5.78 Å². The molecule has 3 heterocycles. The number of aliphatic hydroxyl groups is 1. The molecule has 1 amide bonds. The molecule has 4 aromatic rings. The number of thiazole rings is 1. The van der Waals surface area contributed by atoms with Crippen molar-refractivity contribution in [2.75, 3.05) is 19.1 Å². The normalized spacial score (nSPS) is 17.4. The number of benzene rings is 2. The summed E-state index contributed by atoms with van der Waals surface area (Å²) in [5.41, 5.74) is 1.76. The van der Waals surface area contributed by atoms with Gasteiger partial charge in [0, 0.05) is 5.56 Å². The number of hydrogen-bond acceptors (Lipinski definition) is 8. The number of anilines is 1. The van der Waals surface area contributed by atoms with Crippen LogP contribution in [0.2, 0.25) is 0 Å². The van der Waals surface area contributed by atoms with Crippen molar-refractivity contribution in [2.45, 2.75) is 19.9 Å². The average Bonchev–Trinajstić information content (AvgIpc) is 3.53. The van der Waals surface area contributed by atoms with Gasteiger partial charge in [0.15, 0.2) is 5.13 Å². The summed E-state index contributed by atoms with van der Waals surface area (Å²) in [6.45, 7) is 3.60. The summed E-state index contributed by atoms with van der Waals surface area (Å²) < 4.78 is 17.2. The smallest absolute Gasteiger partial charge is 0.302 e. The first-order valence-corrected chi connectivity index (χ1v) is 11.6. The summed E-state index contributed by atoms with van der Waals surface area (Å²) in [4.78, 5) is 32.5. The summed E-state index contributed by atoms with van der Waals surface area (Å²) in [7, 11) is 3.13. The number of ketones is 1. The molecule has 0 bridgehead atoms. The minimum atomic E-state index is -0.978. The molecule has 1 N–H and O–H groups in total. The third-order valence-corrected chi connectivity index (χ3v) is 6.95. The molecule has 0 radical (unpaired) electrons. The minimum Gasteiger partial charge on any atom is -0.507 e. The lowest BCUT2D eigenvalue weighted by molar-refractivity contribution is -0.132. The van der Waals surface area contributed by atoms with Gasteiger partial charge in [0.1, 0.15) is 34.8 Å². The minimum absolute atomic E-state index is 0.0641. The Hall–Kier alpha value is -4.11. The molecule has 0 saturated carbocycles. The summed E-state index contributed by atoms with van der Waals surface area (Å²) in [5.74, 6) is 0.366. The summed E-state index contributed by atoms with van der Waals surface area (Å²) in [5, 5.41) is 11.6. The SMILES string of the molecule is COc1ccc2nc(N3C(=O)C(=O)C(=C(O)c4ccc(OC)c(C)c4)[C@H]3c3ccc(C)o3)sc2c1. The van der Waals surface area contributed by atoms with Gasteiger partial charge in [-0.15, -0.1) is 0 Å². The number of hydrogen-bond donors (Lipinski definition) is 1. The Morgan fingerprint density at radius 1 is 1.06 bits per heavy atom. The first-order valence-electron chi connectivity index (χ1n) is 10.8. The highest BCUT2D eigenvalue weighted by molar-refractivity contribution is 7.22. The first-order chi connectivity index (χ1) is 16.8. The maximum absolute atomic E-state index is 13.3. The maximum atomic E-state index is 13.3. The number of amides is 1. The van der Waals surface area contributed by atoms with Gasteiger partial charge in [-0.25, -0.2) is 4.98 Å². The number of aliphatic hydroxyl groups excluding tert-OH is 1. The fourth-order valence-electron chi connectivity index (χ4n) is 4.20. The van der Waals surface area contributed by atoms with Crippen molar-refractivity contribution in [3.05, 3.63) is 76.8 Å². The van der Waals surface area contributed by atoms with Gasteiger partial charge in [0.2, 0.25) is 0 Å². The van der Waals surface area contributed by atoms with E-state index >= 15 is 0 Å². The van der Waals surface area contributed by atoms with Crippen LogP contribution in [0.5, 0.6) is 11.5 Å². The predicted octanol–water partition coefficient (Wildman–Crippen LogP) is 5.15. The van der Waals surface area contributed by atoms with Crippen molar-refractivity contribution in [3.63, 3.8) is 0 Å². The van der Waals surface area contributed by atoms with Crippen LogP contribution in [0.25, 0.3) is 16.0 Å². The van der Waals surface area contributed by atoms with Gasteiger partial charge in [-0.3, -0.25) is 14.5 Å². The molecular formula is C26H22N2O6S. The van der Waals surface area contributed by atoms with Gasteiger partial charge in [-0.1, -0.05) is 11.3 Å². The number of ether oxygens (including phenoxy) is 2. The quantitative estimate of drug-likeness (QED) is 0.234. The third-order valence-electron chi connectivity index (χ3n) is 5.93. The van der Waals surface area contributed by atoms with Crippen LogP contribution in [0.3, 0.4) is 0 Å². The highest BCUT2D eigenvalue weighted by Crippen LogP contribution is 2.45. The molecule has 1 atom stereocenters. The Morgan fingerprint density at radius 2 is 1.86 bits per heavy atom. The van der Waals surface area contributed by atoms with E-state index in [-0.39, 0.29) is 11.3 Å². The number of fused-ring (bicyclic) bond motifs is 1. The monoisotopic (exact) mass is 490 g/mol. The fraction of sp³-hybridized carbons (Fsp3) is 0.192. The molecule has 8 nitrogen and oxygen atoms in total.